The van der Waals surface area contributed by atoms with Gasteiger partial charge >= 0.3 is 0 Å². The van der Waals surface area contributed by atoms with Crippen molar-refractivity contribution in [1.29, 1.82) is 0 Å². The molecule has 3 heterocycles. The first kappa shape index (κ1) is 16.7. The van der Waals surface area contributed by atoms with Crippen LogP contribution in [0.2, 0.25) is 5.02 Å². The van der Waals surface area contributed by atoms with Crippen LogP contribution in [0.3, 0.4) is 0 Å². The average molecular weight is 400 g/mol. The van der Waals surface area contributed by atoms with Crippen LogP contribution in [0, 0.1) is 13.8 Å². The Hall–Kier alpha value is -3.24. The Kier molecular flexibility index (Phi) is 3.25. The molecule has 0 aliphatic carbocycles. The fraction of sp³-hybridized carbons (Fsp3) is 0.125. The SMILES string of the molecule is Cc1c2c(c(C)c3c1[nH]c1ccccc13)C1Nc3ccc(Cl)cc3C(=O)N1C=C2. The van der Waals surface area contributed by atoms with E-state index in [9.17, 15) is 4.79 Å². The van der Waals surface area contributed by atoms with Crippen LogP contribution in [0.4, 0.5) is 5.69 Å². The molecule has 4 nitrogen and oxygen atoms in total. The molecule has 5 heteroatoms. The summed E-state index contributed by atoms with van der Waals surface area (Å²) in [6.45, 7) is 4.30. The van der Waals surface area contributed by atoms with Crippen molar-refractivity contribution in [2.45, 2.75) is 20.0 Å². The largest absolute Gasteiger partial charge is 0.360 e. The number of aromatic amines is 1. The molecule has 0 saturated heterocycles. The molecule has 0 radical (unpaired) electrons. The third-order valence-electron chi connectivity index (χ3n) is 6.25. The van der Waals surface area contributed by atoms with Crippen molar-refractivity contribution in [1.82, 2.24) is 9.88 Å². The predicted octanol–water partition coefficient (Wildman–Crippen LogP) is 6.14. The molecule has 2 N–H and O–H groups in total. The minimum Gasteiger partial charge on any atom is -0.360 e. The maximum atomic E-state index is 13.2. The highest BCUT2D eigenvalue weighted by Gasteiger charge is 2.37. The van der Waals surface area contributed by atoms with Gasteiger partial charge in [-0.3, -0.25) is 9.69 Å². The molecular weight excluding hydrogens is 382 g/mol. The lowest BCUT2D eigenvalue weighted by Crippen LogP contribution is -2.41. The van der Waals surface area contributed by atoms with Crippen LogP contribution in [0.5, 0.6) is 0 Å². The highest BCUT2D eigenvalue weighted by Crippen LogP contribution is 2.44. The number of anilines is 1. The molecule has 6 rings (SSSR count). The topological polar surface area (TPSA) is 48.1 Å². The standard InChI is InChI=1S/C24H18ClN3O/c1-12-15-9-10-28-23(27-19-8-7-14(25)11-17(19)24(28)29)21(15)13(2)20-16-5-3-4-6-18(16)26-22(12)20/h3-11,23,26-27H,1-2H3. The van der Waals surface area contributed by atoms with Gasteiger partial charge in [0.1, 0.15) is 6.17 Å². The minimum atomic E-state index is -0.243. The number of H-pyrrole nitrogens is 1. The zero-order chi connectivity index (χ0) is 19.9. The highest BCUT2D eigenvalue weighted by atomic mass is 35.5. The van der Waals surface area contributed by atoms with Crippen molar-refractivity contribution in [2.24, 2.45) is 0 Å². The number of carbonyl (C=O) groups excluding carboxylic acids is 1. The Balaban J connectivity index is 1.66. The number of benzene rings is 3. The normalized spacial score (nSPS) is 17.3. The van der Waals surface area contributed by atoms with Gasteiger partial charge in [0, 0.05) is 38.8 Å². The molecule has 2 aliphatic heterocycles. The molecule has 29 heavy (non-hydrogen) atoms. The number of hydrogen-bond acceptors (Lipinski definition) is 2. The van der Waals surface area contributed by atoms with Gasteiger partial charge < -0.3 is 10.3 Å². The van der Waals surface area contributed by atoms with Gasteiger partial charge in [0.25, 0.3) is 5.91 Å². The van der Waals surface area contributed by atoms with Crippen molar-refractivity contribution < 1.29 is 4.79 Å². The lowest BCUT2D eigenvalue weighted by Gasteiger charge is -2.40. The van der Waals surface area contributed by atoms with Crippen molar-refractivity contribution in [2.75, 3.05) is 5.32 Å². The van der Waals surface area contributed by atoms with Gasteiger partial charge in [0.2, 0.25) is 0 Å². The number of hydrogen-bond donors (Lipinski definition) is 2. The second-order valence-corrected chi connectivity index (χ2v) is 8.20. The minimum absolute atomic E-state index is 0.0378. The number of nitrogens with one attached hydrogen (secondary N) is 2. The summed E-state index contributed by atoms with van der Waals surface area (Å²) in [5.41, 5.74) is 8.41. The number of para-hydroxylation sites is 1. The van der Waals surface area contributed by atoms with Crippen LogP contribution in [0.15, 0.2) is 48.7 Å². The second-order valence-electron chi connectivity index (χ2n) is 7.76. The molecule has 0 bridgehead atoms. The van der Waals surface area contributed by atoms with Crippen LogP contribution < -0.4 is 5.32 Å². The molecule has 0 spiro atoms. The third-order valence-corrected chi connectivity index (χ3v) is 6.48. The highest BCUT2D eigenvalue weighted by molar-refractivity contribution is 6.31. The molecule has 1 aromatic heterocycles. The van der Waals surface area contributed by atoms with Gasteiger partial charge in [-0.05, 0) is 60.9 Å². The predicted molar refractivity (Wildman–Crippen MR) is 118 cm³/mol. The van der Waals surface area contributed by atoms with Crippen molar-refractivity contribution in [3.05, 3.63) is 81.5 Å². The quantitative estimate of drug-likeness (QED) is 0.373. The number of fused-ring (bicyclic) bond motifs is 7. The van der Waals surface area contributed by atoms with E-state index in [4.69, 9.17) is 11.6 Å². The van der Waals surface area contributed by atoms with Crippen molar-refractivity contribution in [3.8, 4) is 0 Å². The lowest BCUT2D eigenvalue weighted by molar-refractivity contribution is 0.0769. The Morgan fingerprint density at radius 3 is 2.76 bits per heavy atom. The number of nitrogens with zero attached hydrogens (tertiary/aromatic N) is 1. The molecule has 1 amide bonds. The van der Waals surface area contributed by atoms with Crippen molar-refractivity contribution >= 4 is 51.1 Å². The summed E-state index contributed by atoms with van der Waals surface area (Å²) in [5, 5.41) is 6.57. The summed E-state index contributed by atoms with van der Waals surface area (Å²) in [7, 11) is 0. The van der Waals surface area contributed by atoms with E-state index in [-0.39, 0.29) is 12.1 Å². The van der Waals surface area contributed by atoms with Crippen LogP contribution in [-0.2, 0) is 0 Å². The van der Waals surface area contributed by atoms with Crippen LogP contribution in [0.25, 0.3) is 27.9 Å². The van der Waals surface area contributed by atoms with Crippen molar-refractivity contribution in [3.63, 3.8) is 0 Å². The number of aryl methyl sites for hydroxylation is 2. The third kappa shape index (κ3) is 2.12. The second kappa shape index (κ2) is 5.65. The number of amides is 1. The fourth-order valence-corrected chi connectivity index (χ4v) is 5.04. The molecule has 3 aromatic carbocycles. The first-order chi connectivity index (χ1) is 14.0. The van der Waals surface area contributed by atoms with E-state index >= 15 is 0 Å². The molecule has 4 aromatic rings. The van der Waals surface area contributed by atoms with Gasteiger partial charge in [-0.15, -0.1) is 0 Å². The number of aromatic nitrogens is 1. The van der Waals surface area contributed by atoms with Gasteiger partial charge in [-0.25, -0.2) is 0 Å². The molecule has 2 aliphatic rings. The summed E-state index contributed by atoms with van der Waals surface area (Å²) < 4.78 is 0. The average Bonchev–Trinajstić information content (AvgIpc) is 3.12. The summed E-state index contributed by atoms with van der Waals surface area (Å²) >= 11 is 6.13. The summed E-state index contributed by atoms with van der Waals surface area (Å²) in [6.07, 6.45) is 3.69. The maximum Gasteiger partial charge on any atom is 0.261 e. The molecule has 0 fully saturated rings. The Morgan fingerprint density at radius 2 is 1.90 bits per heavy atom. The first-order valence-electron chi connectivity index (χ1n) is 9.65. The van der Waals surface area contributed by atoms with E-state index < -0.39 is 0 Å². The Morgan fingerprint density at radius 1 is 1.07 bits per heavy atom. The summed E-state index contributed by atoms with van der Waals surface area (Å²) in [6, 6.07) is 13.8. The molecule has 1 atom stereocenters. The lowest BCUT2D eigenvalue weighted by atomic mass is 9.87. The fourth-order valence-electron chi connectivity index (χ4n) is 4.87. The molecular formula is C24H18ClN3O. The monoisotopic (exact) mass is 399 g/mol. The van der Waals surface area contributed by atoms with Gasteiger partial charge in [0.15, 0.2) is 0 Å². The Labute approximate surface area is 172 Å². The zero-order valence-electron chi connectivity index (χ0n) is 16.0. The first-order valence-corrected chi connectivity index (χ1v) is 10.0. The van der Waals surface area contributed by atoms with Crippen LogP contribution in [0.1, 0.15) is 38.8 Å². The summed E-state index contributed by atoms with van der Waals surface area (Å²) in [5.74, 6) is -0.0378. The van der Waals surface area contributed by atoms with Crippen LogP contribution in [-0.4, -0.2) is 15.8 Å². The molecule has 142 valence electrons. The van der Waals surface area contributed by atoms with E-state index in [0.717, 1.165) is 22.3 Å². The number of carbonyl (C=O) groups is 1. The van der Waals surface area contributed by atoms with Gasteiger partial charge in [-0.2, -0.15) is 0 Å². The smallest absolute Gasteiger partial charge is 0.261 e. The number of rotatable bonds is 0. The van der Waals surface area contributed by atoms with Gasteiger partial charge in [0.05, 0.1) is 11.1 Å². The van der Waals surface area contributed by atoms with E-state index in [0.29, 0.717) is 10.6 Å². The number of halogens is 1. The van der Waals surface area contributed by atoms with Gasteiger partial charge in [-0.1, -0.05) is 29.8 Å². The Bertz CT molecular complexity index is 1400. The van der Waals surface area contributed by atoms with E-state index in [1.165, 1.54) is 27.5 Å². The summed E-state index contributed by atoms with van der Waals surface area (Å²) in [4.78, 5) is 18.6. The molecule has 0 saturated carbocycles. The van der Waals surface area contributed by atoms with E-state index in [1.54, 1.807) is 11.0 Å². The zero-order valence-corrected chi connectivity index (χ0v) is 16.8. The van der Waals surface area contributed by atoms with E-state index in [1.807, 2.05) is 30.5 Å². The van der Waals surface area contributed by atoms with E-state index in [2.05, 4.69) is 42.3 Å². The maximum absolute atomic E-state index is 13.2. The molecule has 1 unspecified atom stereocenters. The van der Waals surface area contributed by atoms with Crippen LogP contribution >= 0.6 is 11.6 Å².